The van der Waals surface area contributed by atoms with Gasteiger partial charge in [0.25, 0.3) is 0 Å². The predicted molar refractivity (Wildman–Crippen MR) is 78.0 cm³/mol. The van der Waals surface area contributed by atoms with E-state index in [4.69, 9.17) is 0 Å². The van der Waals surface area contributed by atoms with Crippen molar-refractivity contribution in [3.63, 3.8) is 0 Å². The van der Waals surface area contributed by atoms with Crippen molar-refractivity contribution < 1.29 is 0 Å². The number of hydrogen-bond donors (Lipinski definition) is 0. The van der Waals surface area contributed by atoms with Crippen LogP contribution in [0.25, 0.3) is 0 Å². The molecule has 16 heavy (non-hydrogen) atoms. The second-order valence-electron chi connectivity index (χ2n) is 3.92. The van der Waals surface area contributed by atoms with E-state index in [1.165, 1.54) is 29.3 Å². The van der Waals surface area contributed by atoms with Crippen LogP contribution in [0, 0.1) is 0 Å². The van der Waals surface area contributed by atoms with Crippen LogP contribution >= 0.6 is 15.9 Å². The Morgan fingerprint density at radius 1 is 1.06 bits per heavy atom. The summed E-state index contributed by atoms with van der Waals surface area (Å²) < 4.78 is 1.20. The molecule has 1 aliphatic rings. The quantitative estimate of drug-likeness (QED) is 0.598. The lowest BCUT2D eigenvalue weighted by atomic mass is 9.66. The molecule has 0 atom stereocenters. The molecule has 2 rings (SSSR count). The Morgan fingerprint density at radius 3 is 2.00 bits per heavy atom. The fourth-order valence-corrected chi connectivity index (χ4v) is 2.26. The first kappa shape index (κ1) is 15.7. The van der Waals surface area contributed by atoms with Crippen LogP contribution < -0.4 is 0 Å². The molecule has 0 radical (unpaired) electrons. The molecule has 0 N–H and O–H groups in total. The summed E-state index contributed by atoms with van der Waals surface area (Å²) in [7, 11) is 0. The first-order chi connectivity index (χ1) is 7.71. The monoisotopic (exact) mass is 284 g/mol. The van der Waals surface area contributed by atoms with Gasteiger partial charge in [0.1, 0.15) is 0 Å². The summed E-state index contributed by atoms with van der Waals surface area (Å²) in [6.07, 6.45) is 4.09. The van der Waals surface area contributed by atoms with Gasteiger partial charge in [-0.25, -0.2) is 0 Å². The number of hydrogen-bond acceptors (Lipinski definition) is 0. The number of benzene rings is 1. The van der Waals surface area contributed by atoms with Gasteiger partial charge in [0, 0.05) is 4.47 Å². The molecule has 1 saturated carbocycles. The van der Waals surface area contributed by atoms with Crippen LogP contribution in [0.4, 0.5) is 0 Å². The van der Waals surface area contributed by atoms with E-state index in [-0.39, 0.29) is 0 Å². The third-order valence-electron chi connectivity index (χ3n) is 2.98. The number of halogens is 1. The summed E-state index contributed by atoms with van der Waals surface area (Å²) in [4.78, 5) is 0. The summed E-state index contributed by atoms with van der Waals surface area (Å²) in [5.74, 6) is 0. The Balaban J connectivity index is 0.000000509. The van der Waals surface area contributed by atoms with Crippen LogP contribution in [0.2, 0.25) is 0 Å². The zero-order chi connectivity index (χ0) is 12.6. The minimum absolute atomic E-state index is 0.476. The molecule has 92 valence electrons. The van der Waals surface area contributed by atoms with E-state index in [9.17, 15) is 0 Å². The summed E-state index contributed by atoms with van der Waals surface area (Å²) in [6, 6.07) is 8.71. The molecule has 1 aromatic rings. The molecule has 0 nitrogen and oxygen atoms in total. The highest BCUT2D eigenvalue weighted by molar-refractivity contribution is 9.10. The minimum atomic E-state index is 0.476. The van der Waals surface area contributed by atoms with Crippen LogP contribution in [-0.4, -0.2) is 0 Å². The van der Waals surface area contributed by atoms with Crippen LogP contribution in [-0.2, 0) is 5.41 Å². The van der Waals surface area contributed by atoms with E-state index in [1.807, 2.05) is 27.7 Å². The van der Waals surface area contributed by atoms with E-state index < -0.39 is 0 Å². The average molecular weight is 285 g/mol. The largest absolute Gasteiger partial charge is 0.0683 e. The maximum absolute atomic E-state index is 3.51. The summed E-state index contributed by atoms with van der Waals surface area (Å²) in [5.41, 5.74) is 1.96. The number of rotatable bonds is 1. The van der Waals surface area contributed by atoms with Crippen molar-refractivity contribution in [2.45, 2.75) is 59.3 Å². The van der Waals surface area contributed by atoms with Crippen molar-refractivity contribution in [3.05, 3.63) is 34.3 Å². The van der Waals surface area contributed by atoms with Crippen molar-refractivity contribution >= 4 is 15.9 Å². The maximum atomic E-state index is 3.51. The van der Waals surface area contributed by atoms with Gasteiger partial charge in [-0.05, 0) is 36.0 Å². The van der Waals surface area contributed by atoms with Crippen LogP contribution in [0.3, 0.4) is 0 Å². The Hall–Kier alpha value is -0.300. The molecule has 0 spiro atoms. The molecule has 1 aliphatic carbocycles. The Morgan fingerprint density at radius 2 is 1.62 bits per heavy atom. The molecule has 1 heteroatoms. The van der Waals surface area contributed by atoms with Crippen molar-refractivity contribution in [2.75, 3.05) is 0 Å². The third-order valence-corrected chi connectivity index (χ3v) is 3.47. The van der Waals surface area contributed by atoms with E-state index in [2.05, 4.69) is 47.1 Å². The second-order valence-corrected chi connectivity index (χ2v) is 4.84. The SMILES string of the molecule is CC.CC.CC1(c2cccc(Br)c2)CCC1. The zero-order valence-electron chi connectivity index (χ0n) is 11.3. The highest BCUT2D eigenvalue weighted by Gasteiger charge is 2.33. The molecule has 1 fully saturated rings. The molecule has 0 saturated heterocycles. The van der Waals surface area contributed by atoms with Gasteiger partial charge < -0.3 is 0 Å². The molecule has 0 bridgehead atoms. The lowest BCUT2D eigenvalue weighted by Crippen LogP contribution is -2.30. The Labute approximate surface area is 110 Å². The highest BCUT2D eigenvalue weighted by Crippen LogP contribution is 2.43. The molecule has 0 aromatic heterocycles. The van der Waals surface area contributed by atoms with Crippen molar-refractivity contribution in [1.82, 2.24) is 0 Å². The first-order valence-electron chi connectivity index (χ1n) is 6.47. The standard InChI is InChI=1S/C11H13Br.2C2H6/c1-11(6-3-7-11)9-4-2-5-10(12)8-9;2*1-2/h2,4-5,8H,3,6-7H2,1H3;2*1-2H3. The van der Waals surface area contributed by atoms with Gasteiger partial charge in [-0.2, -0.15) is 0 Å². The molecule has 0 heterocycles. The fraction of sp³-hybridized carbons (Fsp3) is 0.600. The van der Waals surface area contributed by atoms with Gasteiger partial charge in [-0.1, -0.05) is 69.1 Å². The summed E-state index contributed by atoms with van der Waals surface area (Å²) in [6.45, 7) is 10.4. The van der Waals surface area contributed by atoms with Gasteiger partial charge in [0.05, 0.1) is 0 Å². The normalized spacial score (nSPS) is 15.9. The van der Waals surface area contributed by atoms with Gasteiger partial charge in [0.2, 0.25) is 0 Å². The maximum Gasteiger partial charge on any atom is 0.0178 e. The third kappa shape index (κ3) is 3.93. The topological polar surface area (TPSA) is 0 Å². The van der Waals surface area contributed by atoms with Crippen LogP contribution in [0.15, 0.2) is 28.7 Å². The average Bonchev–Trinajstić information content (AvgIpc) is 2.31. The minimum Gasteiger partial charge on any atom is -0.0683 e. The fourth-order valence-electron chi connectivity index (χ4n) is 1.86. The first-order valence-corrected chi connectivity index (χ1v) is 7.26. The molecule has 0 aliphatic heterocycles. The lowest BCUT2D eigenvalue weighted by Gasteiger charge is -2.39. The smallest absolute Gasteiger partial charge is 0.0178 e. The zero-order valence-corrected chi connectivity index (χ0v) is 12.9. The van der Waals surface area contributed by atoms with Crippen LogP contribution in [0.5, 0.6) is 0 Å². The van der Waals surface area contributed by atoms with Gasteiger partial charge >= 0.3 is 0 Å². The second kappa shape index (κ2) is 7.89. The van der Waals surface area contributed by atoms with Crippen molar-refractivity contribution in [2.24, 2.45) is 0 Å². The Bertz CT molecular complexity index is 287. The highest BCUT2D eigenvalue weighted by atomic mass is 79.9. The Kier molecular flexibility index (Phi) is 7.74. The van der Waals surface area contributed by atoms with E-state index in [1.54, 1.807) is 0 Å². The van der Waals surface area contributed by atoms with E-state index in [0.29, 0.717) is 5.41 Å². The van der Waals surface area contributed by atoms with Gasteiger partial charge in [0.15, 0.2) is 0 Å². The van der Waals surface area contributed by atoms with E-state index >= 15 is 0 Å². The van der Waals surface area contributed by atoms with Crippen molar-refractivity contribution in [3.8, 4) is 0 Å². The van der Waals surface area contributed by atoms with Crippen LogP contribution in [0.1, 0.15) is 59.4 Å². The molecule has 1 aromatic carbocycles. The van der Waals surface area contributed by atoms with Crippen molar-refractivity contribution in [1.29, 1.82) is 0 Å². The molecular formula is C15H25Br. The van der Waals surface area contributed by atoms with Gasteiger partial charge in [-0.15, -0.1) is 0 Å². The molecular weight excluding hydrogens is 260 g/mol. The lowest BCUT2D eigenvalue weighted by molar-refractivity contribution is 0.272. The summed E-state index contributed by atoms with van der Waals surface area (Å²) in [5, 5.41) is 0. The molecule has 0 amide bonds. The predicted octanol–water partition coefficient (Wildman–Crippen LogP) is 5.94. The molecule has 0 unspecified atom stereocenters. The summed E-state index contributed by atoms with van der Waals surface area (Å²) >= 11 is 3.51. The van der Waals surface area contributed by atoms with Gasteiger partial charge in [-0.3, -0.25) is 0 Å². The van der Waals surface area contributed by atoms with E-state index in [0.717, 1.165) is 0 Å².